The van der Waals surface area contributed by atoms with Gasteiger partial charge in [0.05, 0.1) is 15.1 Å². The SMILES string of the molecule is Cc1ccc(S(=O)(=O)[C@H]2[C@@H](C(N)=S)[C@@H]2c2cccc(Cl)c2)cc1. The number of nitrogens with two attached hydrogens (primary N) is 1. The van der Waals surface area contributed by atoms with E-state index in [2.05, 4.69) is 0 Å². The first-order valence-electron chi connectivity index (χ1n) is 7.18. The van der Waals surface area contributed by atoms with Gasteiger partial charge in [-0.15, -0.1) is 0 Å². The summed E-state index contributed by atoms with van der Waals surface area (Å²) in [4.78, 5) is 0.537. The molecule has 2 aromatic rings. The van der Waals surface area contributed by atoms with Gasteiger partial charge in [0, 0.05) is 16.9 Å². The van der Waals surface area contributed by atoms with E-state index in [-0.39, 0.29) is 16.8 Å². The van der Waals surface area contributed by atoms with Gasteiger partial charge in [-0.3, -0.25) is 0 Å². The van der Waals surface area contributed by atoms with Crippen molar-refractivity contribution in [2.75, 3.05) is 0 Å². The predicted octanol–water partition coefficient (Wildman–Crippen LogP) is 3.49. The summed E-state index contributed by atoms with van der Waals surface area (Å²) < 4.78 is 25.9. The fraction of sp³-hybridized carbons (Fsp3) is 0.235. The van der Waals surface area contributed by atoms with Gasteiger partial charge in [-0.25, -0.2) is 8.42 Å². The maximum atomic E-state index is 12.9. The summed E-state index contributed by atoms with van der Waals surface area (Å²) in [7, 11) is -3.50. The Balaban J connectivity index is 2.00. The lowest BCUT2D eigenvalue weighted by Crippen LogP contribution is -2.17. The topological polar surface area (TPSA) is 60.2 Å². The summed E-state index contributed by atoms with van der Waals surface area (Å²) >= 11 is 11.1. The highest BCUT2D eigenvalue weighted by molar-refractivity contribution is 7.92. The monoisotopic (exact) mass is 365 g/mol. The molecule has 3 atom stereocenters. The standard InChI is InChI=1S/C17H16ClNO2S2/c1-10-5-7-13(8-6-10)23(20,21)16-14(15(16)17(19)22)11-3-2-4-12(18)9-11/h2-9,14-16H,1H3,(H2,19,22)/t14-,15-,16+/m0/s1. The summed E-state index contributed by atoms with van der Waals surface area (Å²) in [6.45, 7) is 1.92. The number of aryl methyl sites for hydroxylation is 1. The molecule has 1 saturated carbocycles. The lowest BCUT2D eigenvalue weighted by Gasteiger charge is -2.05. The summed E-state index contributed by atoms with van der Waals surface area (Å²) in [6, 6.07) is 14.1. The highest BCUT2D eigenvalue weighted by Gasteiger charge is 2.60. The Bertz CT molecular complexity index is 862. The van der Waals surface area contributed by atoms with Crippen LogP contribution in [0.15, 0.2) is 53.4 Å². The van der Waals surface area contributed by atoms with E-state index in [1.165, 1.54) is 0 Å². The molecule has 0 aliphatic heterocycles. The number of rotatable bonds is 4. The number of sulfone groups is 1. The normalized spacial score (nSPS) is 23.5. The molecular formula is C17H16ClNO2S2. The molecule has 0 bridgehead atoms. The second-order valence-corrected chi connectivity index (χ2v) is 8.85. The van der Waals surface area contributed by atoms with E-state index in [1.807, 2.05) is 19.1 Å². The molecule has 1 fully saturated rings. The lowest BCUT2D eigenvalue weighted by atomic mass is 10.1. The highest BCUT2D eigenvalue weighted by Crippen LogP contribution is 2.54. The first-order valence-corrected chi connectivity index (χ1v) is 9.51. The van der Waals surface area contributed by atoms with Crippen LogP contribution in [0.5, 0.6) is 0 Å². The van der Waals surface area contributed by atoms with Crippen molar-refractivity contribution < 1.29 is 8.42 Å². The van der Waals surface area contributed by atoms with Crippen molar-refractivity contribution in [3.8, 4) is 0 Å². The molecule has 3 nitrogen and oxygen atoms in total. The molecule has 1 aliphatic rings. The summed E-state index contributed by atoms with van der Waals surface area (Å²) in [5.41, 5.74) is 7.66. The van der Waals surface area contributed by atoms with Crippen LogP contribution in [-0.2, 0) is 9.84 Å². The van der Waals surface area contributed by atoms with Crippen molar-refractivity contribution >= 4 is 38.6 Å². The Hall–Kier alpha value is -1.43. The van der Waals surface area contributed by atoms with Crippen molar-refractivity contribution in [1.82, 2.24) is 0 Å². The van der Waals surface area contributed by atoms with E-state index in [0.29, 0.717) is 9.92 Å². The summed E-state index contributed by atoms with van der Waals surface area (Å²) in [5.74, 6) is -0.590. The molecular weight excluding hydrogens is 350 g/mol. The molecule has 0 unspecified atom stereocenters. The minimum Gasteiger partial charge on any atom is -0.393 e. The molecule has 2 N–H and O–H groups in total. The first kappa shape index (κ1) is 16.4. The molecule has 0 spiro atoms. The second kappa shape index (κ2) is 5.89. The molecule has 3 rings (SSSR count). The van der Waals surface area contributed by atoms with Crippen LogP contribution in [-0.4, -0.2) is 18.7 Å². The van der Waals surface area contributed by atoms with Gasteiger partial charge < -0.3 is 5.73 Å². The fourth-order valence-corrected chi connectivity index (χ4v) is 5.74. The van der Waals surface area contributed by atoms with Gasteiger partial charge >= 0.3 is 0 Å². The van der Waals surface area contributed by atoms with Crippen LogP contribution in [0.2, 0.25) is 5.02 Å². The molecule has 23 heavy (non-hydrogen) atoms. The van der Waals surface area contributed by atoms with E-state index in [0.717, 1.165) is 11.1 Å². The Labute approximate surface area is 146 Å². The van der Waals surface area contributed by atoms with Gasteiger partial charge in [0.25, 0.3) is 0 Å². The van der Waals surface area contributed by atoms with Crippen molar-refractivity contribution in [3.05, 3.63) is 64.7 Å². The van der Waals surface area contributed by atoms with E-state index >= 15 is 0 Å². The van der Waals surface area contributed by atoms with Crippen molar-refractivity contribution in [2.45, 2.75) is 23.0 Å². The summed E-state index contributed by atoms with van der Waals surface area (Å²) in [6.07, 6.45) is 0. The second-order valence-electron chi connectivity index (χ2n) is 5.83. The van der Waals surface area contributed by atoms with Gasteiger partial charge in [0.15, 0.2) is 9.84 Å². The molecule has 0 radical (unpaired) electrons. The number of thiocarbonyl (C=S) groups is 1. The van der Waals surface area contributed by atoms with Crippen LogP contribution >= 0.6 is 23.8 Å². The van der Waals surface area contributed by atoms with E-state index in [1.54, 1.807) is 36.4 Å². The minimum absolute atomic E-state index is 0.232. The largest absolute Gasteiger partial charge is 0.393 e. The van der Waals surface area contributed by atoms with Crippen LogP contribution in [0.25, 0.3) is 0 Å². The van der Waals surface area contributed by atoms with Crippen LogP contribution < -0.4 is 5.73 Å². The van der Waals surface area contributed by atoms with Crippen LogP contribution in [0.4, 0.5) is 0 Å². The van der Waals surface area contributed by atoms with E-state index in [4.69, 9.17) is 29.6 Å². The number of halogens is 1. The predicted molar refractivity (Wildman–Crippen MR) is 96.6 cm³/mol. The average Bonchev–Trinajstić information content (AvgIpc) is 3.24. The third-order valence-electron chi connectivity index (χ3n) is 4.22. The molecule has 120 valence electrons. The number of hydrogen-bond acceptors (Lipinski definition) is 3. The quantitative estimate of drug-likeness (QED) is 0.842. The molecule has 0 heterocycles. The smallest absolute Gasteiger partial charge is 0.182 e. The Morgan fingerprint density at radius 2 is 1.83 bits per heavy atom. The minimum atomic E-state index is -3.50. The first-order chi connectivity index (χ1) is 10.8. The summed E-state index contributed by atoms with van der Waals surface area (Å²) in [5, 5.41) is -0.0521. The lowest BCUT2D eigenvalue weighted by molar-refractivity contribution is 0.593. The molecule has 0 aromatic heterocycles. The molecule has 2 aromatic carbocycles. The number of hydrogen-bond donors (Lipinski definition) is 1. The van der Waals surface area contributed by atoms with Gasteiger partial charge in [-0.1, -0.05) is 53.6 Å². The van der Waals surface area contributed by atoms with Crippen molar-refractivity contribution in [3.63, 3.8) is 0 Å². The van der Waals surface area contributed by atoms with Gasteiger partial charge in [0.1, 0.15) is 0 Å². The zero-order chi connectivity index (χ0) is 16.8. The van der Waals surface area contributed by atoms with Crippen LogP contribution in [0.1, 0.15) is 17.0 Å². The van der Waals surface area contributed by atoms with Crippen molar-refractivity contribution in [1.29, 1.82) is 0 Å². The Morgan fingerprint density at radius 3 is 2.39 bits per heavy atom. The zero-order valence-corrected chi connectivity index (χ0v) is 14.8. The van der Waals surface area contributed by atoms with Crippen molar-refractivity contribution in [2.24, 2.45) is 11.7 Å². The fourth-order valence-electron chi connectivity index (χ4n) is 3.00. The van der Waals surface area contributed by atoms with Gasteiger partial charge in [-0.2, -0.15) is 0 Å². The molecule has 6 heteroatoms. The number of benzene rings is 2. The van der Waals surface area contributed by atoms with E-state index < -0.39 is 15.1 Å². The van der Waals surface area contributed by atoms with Crippen LogP contribution in [0.3, 0.4) is 0 Å². The molecule has 0 amide bonds. The van der Waals surface area contributed by atoms with E-state index in [9.17, 15) is 8.42 Å². The van der Waals surface area contributed by atoms with Gasteiger partial charge in [-0.05, 0) is 36.8 Å². The Kier molecular flexibility index (Phi) is 4.21. The third-order valence-corrected chi connectivity index (χ3v) is 6.96. The highest BCUT2D eigenvalue weighted by atomic mass is 35.5. The Morgan fingerprint density at radius 1 is 1.17 bits per heavy atom. The average molecular weight is 366 g/mol. The maximum absolute atomic E-state index is 12.9. The molecule has 0 saturated heterocycles. The van der Waals surface area contributed by atoms with Crippen LogP contribution in [0, 0.1) is 12.8 Å². The third kappa shape index (κ3) is 3.01. The van der Waals surface area contributed by atoms with Gasteiger partial charge in [0.2, 0.25) is 0 Å². The molecule has 1 aliphatic carbocycles. The zero-order valence-electron chi connectivity index (χ0n) is 12.4. The maximum Gasteiger partial charge on any atom is 0.182 e.